The summed E-state index contributed by atoms with van der Waals surface area (Å²) in [4.78, 5) is 10.9. The van der Waals surface area contributed by atoms with Crippen LogP contribution in [0.1, 0.15) is 33.6 Å². The van der Waals surface area contributed by atoms with E-state index >= 15 is 0 Å². The van der Waals surface area contributed by atoms with E-state index in [9.17, 15) is 13.2 Å². The van der Waals surface area contributed by atoms with Gasteiger partial charge in [-0.3, -0.25) is 9.52 Å². The molecule has 1 amide bonds. The maximum atomic E-state index is 11.1. The van der Waals surface area contributed by atoms with E-state index in [0.29, 0.717) is 6.42 Å². The molecule has 0 rings (SSSR count). The van der Waals surface area contributed by atoms with Gasteiger partial charge in [0.1, 0.15) is 0 Å². The van der Waals surface area contributed by atoms with Crippen molar-refractivity contribution in [3.63, 3.8) is 0 Å². The van der Waals surface area contributed by atoms with Crippen molar-refractivity contribution in [2.24, 2.45) is 0 Å². The fourth-order valence-corrected chi connectivity index (χ4v) is 1.21. The summed E-state index contributed by atoms with van der Waals surface area (Å²) < 4.78 is 24.2. The molecule has 0 radical (unpaired) electrons. The number of carbonyl (C=O) groups is 1. The van der Waals surface area contributed by atoms with Gasteiger partial charge in [0.15, 0.2) is 0 Å². The van der Waals surface area contributed by atoms with Gasteiger partial charge in [0.05, 0.1) is 5.25 Å². The predicted octanol–water partition coefficient (Wildman–Crippen LogP) is 0.641. The Morgan fingerprint density at radius 2 is 1.92 bits per heavy atom. The first-order valence-corrected chi connectivity index (χ1v) is 5.49. The third-order valence-electron chi connectivity index (χ3n) is 1.35. The van der Waals surface area contributed by atoms with E-state index in [1.807, 2.05) is 11.6 Å². The fraction of sp³-hybridized carbons (Fsp3) is 0.857. The second kappa shape index (κ2) is 4.45. The molecule has 12 heavy (non-hydrogen) atoms. The predicted molar refractivity (Wildman–Crippen MR) is 47.1 cm³/mol. The molecule has 0 aliphatic heterocycles. The minimum atomic E-state index is -3.42. The van der Waals surface area contributed by atoms with Crippen LogP contribution in [-0.2, 0) is 14.8 Å². The van der Waals surface area contributed by atoms with Crippen molar-refractivity contribution in [2.75, 3.05) is 0 Å². The van der Waals surface area contributed by atoms with Crippen molar-refractivity contribution in [1.82, 2.24) is 4.72 Å². The maximum absolute atomic E-state index is 11.1. The topological polar surface area (TPSA) is 63.2 Å². The zero-order valence-corrected chi connectivity index (χ0v) is 8.44. The lowest BCUT2D eigenvalue weighted by molar-refractivity contribution is -0.119. The highest BCUT2D eigenvalue weighted by atomic mass is 32.2. The van der Waals surface area contributed by atoms with Crippen LogP contribution in [0.3, 0.4) is 0 Å². The minimum Gasteiger partial charge on any atom is -0.274 e. The molecule has 0 saturated heterocycles. The zero-order chi connectivity index (χ0) is 9.78. The van der Waals surface area contributed by atoms with Gasteiger partial charge in [-0.1, -0.05) is 6.92 Å². The highest BCUT2D eigenvalue weighted by Crippen LogP contribution is 1.97. The second-order valence-electron chi connectivity index (χ2n) is 2.87. The van der Waals surface area contributed by atoms with E-state index in [-0.39, 0.29) is 6.42 Å². The third-order valence-corrected chi connectivity index (χ3v) is 3.11. The molecule has 0 aromatic heterocycles. The van der Waals surface area contributed by atoms with Crippen molar-refractivity contribution < 1.29 is 13.2 Å². The van der Waals surface area contributed by atoms with Crippen molar-refractivity contribution >= 4 is 15.9 Å². The monoisotopic (exact) mass is 193 g/mol. The third kappa shape index (κ3) is 3.71. The molecule has 1 N–H and O–H groups in total. The summed E-state index contributed by atoms with van der Waals surface area (Å²) in [6, 6.07) is 0. The van der Waals surface area contributed by atoms with Gasteiger partial charge in [0.25, 0.3) is 0 Å². The average molecular weight is 193 g/mol. The van der Waals surface area contributed by atoms with Crippen LogP contribution >= 0.6 is 0 Å². The molecule has 0 aliphatic carbocycles. The Balaban J connectivity index is 4.17. The fourth-order valence-electron chi connectivity index (χ4n) is 0.555. The van der Waals surface area contributed by atoms with Crippen LogP contribution in [0.5, 0.6) is 0 Å². The standard InChI is InChI=1S/C7H15NO3S/c1-4-5-7(9)8-12(10,11)6(2)3/h6H,4-5H2,1-3H3,(H,8,9). The first-order valence-electron chi connectivity index (χ1n) is 3.94. The van der Waals surface area contributed by atoms with Gasteiger partial charge in [-0.2, -0.15) is 0 Å². The molecule has 0 bridgehead atoms. The molecular weight excluding hydrogens is 178 g/mol. The second-order valence-corrected chi connectivity index (χ2v) is 5.11. The summed E-state index contributed by atoms with van der Waals surface area (Å²) in [5.41, 5.74) is 0. The Labute approximate surface area is 73.4 Å². The van der Waals surface area contributed by atoms with E-state index in [1.165, 1.54) is 13.8 Å². The zero-order valence-electron chi connectivity index (χ0n) is 7.62. The highest BCUT2D eigenvalue weighted by Gasteiger charge is 2.17. The Bertz CT molecular complexity index is 243. The lowest BCUT2D eigenvalue weighted by Crippen LogP contribution is -2.35. The van der Waals surface area contributed by atoms with Gasteiger partial charge in [0, 0.05) is 6.42 Å². The molecule has 4 nitrogen and oxygen atoms in total. The molecule has 0 saturated carbocycles. The molecule has 0 unspecified atom stereocenters. The number of hydrogen-bond donors (Lipinski definition) is 1. The van der Waals surface area contributed by atoms with Gasteiger partial charge in [-0.25, -0.2) is 8.42 Å². The largest absolute Gasteiger partial charge is 0.274 e. The van der Waals surface area contributed by atoms with Gasteiger partial charge in [0.2, 0.25) is 15.9 Å². The van der Waals surface area contributed by atoms with Gasteiger partial charge in [-0.05, 0) is 20.3 Å². The van der Waals surface area contributed by atoms with E-state index in [1.54, 1.807) is 0 Å². The molecule has 0 aliphatic rings. The van der Waals surface area contributed by atoms with Gasteiger partial charge in [-0.15, -0.1) is 0 Å². The summed E-state index contributed by atoms with van der Waals surface area (Å²) in [5, 5.41) is -0.557. The lowest BCUT2D eigenvalue weighted by atomic mass is 10.3. The number of carbonyl (C=O) groups excluding carboxylic acids is 1. The Kier molecular flexibility index (Phi) is 4.23. The first-order chi connectivity index (χ1) is 5.40. The van der Waals surface area contributed by atoms with E-state index in [0.717, 1.165) is 0 Å². The smallest absolute Gasteiger partial charge is 0.237 e. The summed E-state index contributed by atoms with van der Waals surface area (Å²) >= 11 is 0. The minimum absolute atomic E-state index is 0.256. The lowest BCUT2D eigenvalue weighted by Gasteiger charge is -2.08. The maximum Gasteiger partial charge on any atom is 0.237 e. The van der Waals surface area contributed by atoms with Crippen LogP contribution in [-0.4, -0.2) is 19.6 Å². The molecule has 0 aromatic rings. The van der Waals surface area contributed by atoms with Crippen LogP contribution < -0.4 is 4.72 Å². The van der Waals surface area contributed by atoms with Crippen molar-refractivity contribution in [1.29, 1.82) is 0 Å². The number of rotatable bonds is 4. The van der Waals surface area contributed by atoms with Crippen molar-refractivity contribution in [3.8, 4) is 0 Å². The van der Waals surface area contributed by atoms with Gasteiger partial charge >= 0.3 is 0 Å². The van der Waals surface area contributed by atoms with Crippen molar-refractivity contribution in [2.45, 2.75) is 38.9 Å². The molecular formula is C7H15NO3S. The Morgan fingerprint density at radius 3 is 2.25 bits per heavy atom. The normalized spacial score (nSPS) is 11.7. The van der Waals surface area contributed by atoms with E-state index in [2.05, 4.69) is 0 Å². The highest BCUT2D eigenvalue weighted by molar-refractivity contribution is 7.90. The molecule has 0 spiro atoms. The number of hydrogen-bond acceptors (Lipinski definition) is 3. The molecule has 0 fully saturated rings. The summed E-state index contributed by atoms with van der Waals surface area (Å²) in [7, 11) is -3.42. The van der Waals surface area contributed by atoms with E-state index in [4.69, 9.17) is 0 Å². The Hall–Kier alpha value is -0.580. The van der Waals surface area contributed by atoms with Crippen LogP contribution in [0.2, 0.25) is 0 Å². The summed E-state index contributed by atoms with van der Waals surface area (Å²) in [6.07, 6.45) is 0.908. The summed E-state index contributed by atoms with van der Waals surface area (Å²) in [6.45, 7) is 4.88. The van der Waals surface area contributed by atoms with Gasteiger partial charge < -0.3 is 0 Å². The van der Waals surface area contributed by atoms with Crippen molar-refractivity contribution in [3.05, 3.63) is 0 Å². The number of sulfonamides is 1. The first kappa shape index (κ1) is 11.4. The average Bonchev–Trinajstić information content (AvgIpc) is 1.85. The van der Waals surface area contributed by atoms with Crippen LogP contribution in [0, 0.1) is 0 Å². The quantitative estimate of drug-likeness (QED) is 0.712. The molecule has 72 valence electrons. The number of amides is 1. The SMILES string of the molecule is CCCC(=O)NS(=O)(=O)C(C)C. The molecule has 0 heterocycles. The number of nitrogens with one attached hydrogen (secondary N) is 1. The molecule has 5 heteroatoms. The Morgan fingerprint density at radius 1 is 1.42 bits per heavy atom. The van der Waals surface area contributed by atoms with Crippen LogP contribution in [0.4, 0.5) is 0 Å². The van der Waals surface area contributed by atoms with Crippen LogP contribution in [0.15, 0.2) is 0 Å². The van der Waals surface area contributed by atoms with E-state index < -0.39 is 21.2 Å². The molecule has 0 atom stereocenters. The molecule has 0 aromatic carbocycles. The van der Waals surface area contributed by atoms with Crippen LogP contribution in [0.25, 0.3) is 0 Å². The summed E-state index contributed by atoms with van der Waals surface area (Å²) in [5.74, 6) is -0.425.